The number of nitrogens with one attached hydrogen (secondary N) is 1. The minimum absolute atomic E-state index is 0.636. The number of pyridine rings is 2. The van der Waals surface area contributed by atoms with Crippen LogP contribution in [0.1, 0.15) is 0 Å². The van der Waals surface area contributed by atoms with Crippen molar-refractivity contribution in [3.63, 3.8) is 0 Å². The van der Waals surface area contributed by atoms with Crippen molar-refractivity contribution in [1.82, 2.24) is 25.3 Å². The zero-order chi connectivity index (χ0) is 11.9. The van der Waals surface area contributed by atoms with Crippen molar-refractivity contribution < 1.29 is 0 Å². The SMILES string of the molecule is C1=Nc2nccc(-c3[nH]ccc4ncnc3-4)c2[N]1. The average Bonchev–Trinajstić information content (AvgIpc) is 3.06. The van der Waals surface area contributed by atoms with Gasteiger partial charge >= 0.3 is 0 Å². The van der Waals surface area contributed by atoms with E-state index >= 15 is 0 Å². The summed E-state index contributed by atoms with van der Waals surface area (Å²) in [5.41, 5.74) is 4.27. The number of aromatic amines is 1. The lowest BCUT2D eigenvalue weighted by atomic mass is 10.1. The number of nitrogens with zero attached hydrogens (tertiary/aromatic N) is 5. The molecule has 1 radical (unpaired) electrons. The van der Waals surface area contributed by atoms with Crippen molar-refractivity contribution in [2.75, 3.05) is 0 Å². The molecular formula is C12H7N6. The van der Waals surface area contributed by atoms with E-state index in [1.165, 1.54) is 6.34 Å². The van der Waals surface area contributed by atoms with E-state index in [4.69, 9.17) is 0 Å². The summed E-state index contributed by atoms with van der Waals surface area (Å²) in [6.07, 6.45) is 6.62. The van der Waals surface area contributed by atoms with Crippen molar-refractivity contribution in [3.8, 4) is 22.6 Å². The van der Waals surface area contributed by atoms with E-state index in [0.29, 0.717) is 5.82 Å². The molecule has 1 aromatic rings. The molecule has 4 heterocycles. The molecule has 0 fully saturated rings. The second-order valence-electron chi connectivity index (χ2n) is 3.86. The summed E-state index contributed by atoms with van der Waals surface area (Å²) in [5.74, 6) is 0.636. The molecular weight excluding hydrogens is 228 g/mol. The zero-order valence-corrected chi connectivity index (χ0v) is 9.20. The van der Waals surface area contributed by atoms with Crippen molar-refractivity contribution in [2.45, 2.75) is 0 Å². The predicted molar refractivity (Wildman–Crippen MR) is 66.2 cm³/mol. The number of fused-ring (bicyclic) bond motifs is 2. The Kier molecular flexibility index (Phi) is 1.74. The third-order valence-electron chi connectivity index (χ3n) is 2.87. The zero-order valence-electron chi connectivity index (χ0n) is 9.20. The smallest absolute Gasteiger partial charge is 0.180 e. The summed E-state index contributed by atoms with van der Waals surface area (Å²) in [7, 11) is 0. The number of imidazole rings is 1. The summed E-state index contributed by atoms with van der Waals surface area (Å²) < 4.78 is 0. The molecule has 0 saturated carbocycles. The van der Waals surface area contributed by atoms with Crippen LogP contribution in [0.2, 0.25) is 0 Å². The number of hydrogen-bond acceptors (Lipinski definition) is 4. The highest BCUT2D eigenvalue weighted by Crippen LogP contribution is 2.38. The topological polar surface area (TPSA) is 80.9 Å². The van der Waals surface area contributed by atoms with Gasteiger partial charge in [-0.05, 0) is 12.1 Å². The van der Waals surface area contributed by atoms with Gasteiger partial charge in [0, 0.05) is 18.0 Å². The second kappa shape index (κ2) is 3.36. The molecule has 0 bridgehead atoms. The second-order valence-corrected chi connectivity index (χ2v) is 3.86. The largest absolute Gasteiger partial charge is 0.359 e. The third-order valence-corrected chi connectivity index (χ3v) is 2.87. The van der Waals surface area contributed by atoms with Gasteiger partial charge in [-0.2, -0.15) is 0 Å². The summed E-state index contributed by atoms with van der Waals surface area (Å²) in [4.78, 5) is 19.9. The van der Waals surface area contributed by atoms with Crippen molar-refractivity contribution in [2.24, 2.45) is 4.99 Å². The van der Waals surface area contributed by atoms with Gasteiger partial charge in [0.05, 0.1) is 11.4 Å². The van der Waals surface area contributed by atoms with Gasteiger partial charge in [-0.1, -0.05) is 0 Å². The minimum Gasteiger partial charge on any atom is -0.359 e. The summed E-state index contributed by atoms with van der Waals surface area (Å²) in [5, 5.41) is 4.24. The monoisotopic (exact) mass is 235 g/mol. The molecule has 0 spiro atoms. The number of aromatic nitrogens is 4. The molecule has 1 N–H and O–H groups in total. The van der Waals surface area contributed by atoms with Gasteiger partial charge in [0.15, 0.2) is 5.82 Å². The van der Waals surface area contributed by atoms with Crippen LogP contribution >= 0.6 is 0 Å². The Morgan fingerprint density at radius 3 is 3.06 bits per heavy atom. The Hall–Kier alpha value is -2.76. The molecule has 0 atom stereocenters. The standard InChI is InChI=1S/C12H7N6/c1-3-14-12-10(16-6-18-12)7(1)9-11-8(2-4-13-9)15-5-17-11/h1-6,13H. The van der Waals surface area contributed by atoms with Crippen LogP contribution in [0.15, 0.2) is 35.8 Å². The first-order valence-corrected chi connectivity index (χ1v) is 5.44. The van der Waals surface area contributed by atoms with E-state index in [1.54, 1.807) is 12.5 Å². The van der Waals surface area contributed by atoms with Gasteiger partial charge in [-0.15, -0.1) is 0 Å². The lowest BCUT2D eigenvalue weighted by Crippen LogP contribution is -1.95. The van der Waals surface area contributed by atoms with E-state index in [0.717, 1.165) is 28.3 Å². The molecule has 3 aliphatic heterocycles. The highest BCUT2D eigenvalue weighted by Gasteiger charge is 2.20. The van der Waals surface area contributed by atoms with Crippen molar-refractivity contribution in [1.29, 1.82) is 0 Å². The Bertz CT molecular complexity index is 729. The van der Waals surface area contributed by atoms with E-state index in [-0.39, 0.29) is 0 Å². The molecule has 18 heavy (non-hydrogen) atoms. The normalized spacial score (nSPS) is 12.7. The van der Waals surface area contributed by atoms with Gasteiger partial charge in [-0.25, -0.2) is 25.3 Å². The highest BCUT2D eigenvalue weighted by atomic mass is 15.1. The van der Waals surface area contributed by atoms with E-state index in [1.807, 2.05) is 18.3 Å². The van der Waals surface area contributed by atoms with Crippen LogP contribution < -0.4 is 5.32 Å². The Labute approximate surface area is 102 Å². The fourth-order valence-corrected chi connectivity index (χ4v) is 2.08. The van der Waals surface area contributed by atoms with E-state index in [9.17, 15) is 0 Å². The molecule has 0 aromatic carbocycles. The summed E-state index contributed by atoms with van der Waals surface area (Å²) >= 11 is 0. The lowest BCUT2D eigenvalue weighted by molar-refractivity contribution is 1.23. The van der Waals surface area contributed by atoms with Gasteiger partial charge in [0.25, 0.3) is 0 Å². The van der Waals surface area contributed by atoms with Crippen LogP contribution in [0.4, 0.5) is 11.5 Å². The van der Waals surface area contributed by atoms with Gasteiger partial charge in [-0.3, -0.25) is 0 Å². The Balaban J connectivity index is 2.00. The first kappa shape index (κ1) is 9.29. The molecule has 1 aromatic heterocycles. The van der Waals surface area contributed by atoms with Crippen molar-refractivity contribution >= 4 is 17.8 Å². The maximum absolute atomic E-state index is 4.28. The molecule has 0 unspecified atom stereocenters. The molecule has 6 heteroatoms. The Morgan fingerprint density at radius 2 is 2.06 bits per heavy atom. The lowest BCUT2D eigenvalue weighted by Gasteiger charge is -2.08. The van der Waals surface area contributed by atoms with Gasteiger partial charge in [0.1, 0.15) is 24.0 Å². The number of hydrogen-bond donors (Lipinski definition) is 1. The van der Waals surface area contributed by atoms with Gasteiger partial charge < -0.3 is 4.98 Å². The molecule has 0 amide bonds. The maximum atomic E-state index is 4.28. The van der Waals surface area contributed by atoms with E-state index in [2.05, 4.69) is 30.2 Å². The number of H-pyrrole nitrogens is 1. The fourth-order valence-electron chi connectivity index (χ4n) is 2.08. The molecule has 6 nitrogen and oxygen atoms in total. The quantitative estimate of drug-likeness (QED) is 0.699. The molecule has 0 aliphatic carbocycles. The first-order valence-electron chi connectivity index (χ1n) is 5.44. The molecule has 85 valence electrons. The van der Waals surface area contributed by atoms with Gasteiger partial charge in [0.2, 0.25) is 0 Å². The van der Waals surface area contributed by atoms with Crippen LogP contribution in [0.3, 0.4) is 0 Å². The number of rotatable bonds is 1. The molecule has 4 rings (SSSR count). The van der Waals surface area contributed by atoms with Crippen molar-refractivity contribution in [3.05, 3.63) is 30.9 Å². The highest BCUT2D eigenvalue weighted by molar-refractivity contribution is 5.92. The van der Waals surface area contributed by atoms with Crippen LogP contribution in [0, 0.1) is 0 Å². The predicted octanol–water partition coefficient (Wildman–Crippen LogP) is 1.88. The minimum atomic E-state index is 0.636. The van der Waals surface area contributed by atoms with Crippen LogP contribution in [0.5, 0.6) is 0 Å². The molecule has 0 saturated heterocycles. The summed E-state index contributed by atoms with van der Waals surface area (Å²) in [6, 6.07) is 3.79. The average molecular weight is 235 g/mol. The third kappa shape index (κ3) is 1.17. The van der Waals surface area contributed by atoms with Crippen LogP contribution in [-0.4, -0.2) is 26.3 Å². The molecule has 3 aliphatic rings. The first-order chi connectivity index (χ1) is 8.93. The fraction of sp³-hybridized carbons (Fsp3) is 0. The van der Waals surface area contributed by atoms with Crippen LogP contribution in [0.25, 0.3) is 22.6 Å². The van der Waals surface area contributed by atoms with E-state index < -0.39 is 0 Å². The number of aliphatic imine (C=N–C) groups is 1. The Morgan fingerprint density at radius 1 is 1.06 bits per heavy atom. The summed E-state index contributed by atoms with van der Waals surface area (Å²) in [6.45, 7) is 0. The maximum Gasteiger partial charge on any atom is 0.180 e. The van der Waals surface area contributed by atoms with Crippen LogP contribution in [-0.2, 0) is 0 Å².